The minimum atomic E-state index is -0.379. The van der Waals surface area contributed by atoms with E-state index in [9.17, 15) is 9.59 Å². The summed E-state index contributed by atoms with van der Waals surface area (Å²) in [5, 5.41) is 3.49. The molecule has 2 amide bonds. The first-order valence-electron chi connectivity index (χ1n) is 11.7. The van der Waals surface area contributed by atoms with Crippen LogP contribution in [0, 0.1) is 0 Å². The molecule has 1 aliphatic rings. The van der Waals surface area contributed by atoms with Crippen LogP contribution in [0.5, 0.6) is 11.5 Å². The van der Waals surface area contributed by atoms with Crippen LogP contribution in [0.2, 0.25) is 5.02 Å². The maximum Gasteiger partial charge on any atom is 0.290 e. The van der Waals surface area contributed by atoms with E-state index in [2.05, 4.69) is 10.3 Å². The molecule has 1 aliphatic carbocycles. The molecule has 0 spiro atoms. The fraction of sp³-hybridized carbons (Fsp3) is 0.222. The summed E-state index contributed by atoms with van der Waals surface area (Å²) in [5.74, 6) is 0.956. The van der Waals surface area contributed by atoms with Crippen molar-refractivity contribution in [1.82, 2.24) is 14.5 Å². The van der Waals surface area contributed by atoms with Crippen molar-refractivity contribution in [3.05, 3.63) is 77.8 Å². The summed E-state index contributed by atoms with van der Waals surface area (Å²) in [4.78, 5) is 32.3. The minimum absolute atomic E-state index is 0.00960. The van der Waals surface area contributed by atoms with Crippen LogP contribution in [-0.2, 0) is 4.79 Å². The number of rotatable bonds is 9. The number of halogens is 1. The molecule has 2 aromatic carbocycles. The van der Waals surface area contributed by atoms with Crippen LogP contribution in [0.25, 0.3) is 16.9 Å². The molecule has 37 heavy (non-hydrogen) atoms. The van der Waals surface area contributed by atoms with Gasteiger partial charge in [0.2, 0.25) is 11.9 Å². The Morgan fingerprint density at radius 2 is 1.81 bits per heavy atom. The number of amides is 2. The lowest BCUT2D eigenvalue weighted by molar-refractivity contribution is -0.117. The molecule has 4 aromatic rings. The summed E-state index contributed by atoms with van der Waals surface area (Å²) in [7, 11) is 3.13. The van der Waals surface area contributed by atoms with E-state index in [0.29, 0.717) is 27.9 Å². The predicted octanol–water partition coefficient (Wildman–Crippen LogP) is 5.05. The molecule has 0 radical (unpaired) electrons. The van der Waals surface area contributed by atoms with Crippen LogP contribution in [0.4, 0.5) is 5.95 Å². The quantitative estimate of drug-likeness (QED) is 0.332. The maximum absolute atomic E-state index is 13.2. The third-order valence-electron chi connectivity index (χ3n) is 6.01. The zero-order valence-corrected chi connectivity index (χ0v) is 21.1. The lowest BCUT2D eigenvalue weighted by atomic mass is 10.2. The zero-order chi connectivity index (χ0) is 25.9. The molecule has 0 unspecified atom stereocenters. The SMILES string of the molecule is COc1cc(OC)cc(-n2cc(-c3ccc(Cl)cc3)nc2NC(=O)CN(C(=O)c2ccco2)C2CC2)c1. The largest absolute Gasteiger partial charge is 0.497 e. The Kier molecular flexibility index (Phi) is 6.87. The van der Waals surface area contributed by atoms with Crippen LogP contribution in [0.15, 0.2) is 71.5 Å². The number of carbonyl (C=O) groups is 2. The highest BCUT2D eigenvalue weighted by molar-refractivity contribution is 6.30. The summed E-state index contributed by atoms with van der Waals surface area (Å²) in [6.45, 7) is -0.130. The molecular formula is C27H25ClN4O5. The molecule has 0 saturated heterocycles. The summed E-state index contributed by atoms with van der Waals surface area (Å²) in [6, 6.07) is 15.9. The van der Waals surface area contributed by atoms with E-state index in [4.69, 9.17) is 25.5 Å². The fourth-order valence-electron chi connectivity index (χ4n) is 3.97. The van der Waals surface area contributed by atoms with E-state index in [-0.39, 0.29) is 36.1 Å². The highest BCUT2D eigenvalue weighted by atomic mass is 35.5. The monoisotopic (exact) mass is 520 g/mol. The van der Waals surface area contributed by atoms with Crippen LogP contribution in [0.3, 0.4) is 0 Å². The lowest BCUT2D eigenvalue weighted by Crippen LogP contribution is -2.39. The number of imidazole rings is 1. The van der Waals surface area contributed by atoms with Crippen LogP contribution in [0.1, 0.15) is 23.4 Å². The standard InChI is InChI=1S/C27H25ClN4O5/c1-35-21-12-20(13-22(14-21)36-2)32-15-23(17-5-7-18(28)8-6-17)29-27(32)30-25(33)16-31(19-9-10-19)26(34)24-4-3-11-37-24/h3-8,11-15,19H,9-10,16H2,1-2H3,(H,29,30,33). The first-order chi connectivity index (χ1) is 17.9. The molecular weight excluding hydrogens is 496 g/mol. The molecule has 2 heterocycles. The molecule has 190 valence electrons. The second kappa shape index (κ2) is 10.4. The Labute approximate surface area is 218 Å². The number of anilines is 1. The number of hydrogen-bond acceptors (Lipinski definition) is 6. The van der Waals surface area contributed by atoms with Gasteiger partial charge in [-0.25, -0.2) is 4.98 Å². The summed E-state index contributed by atoms with van der Waals surface area (Å²) in [5.41, 5.74) is 2.12. The first-order valence-corrected chi connectivity index (χ1v) is 12.1. The number of methoxy groups -OCH3 is 2. The second-order valence-corrected chi connectivity index (χ2v) is 9.02. The van der Waals surface area contributed by atoms with Gasteiger partial charge < -0.3 is 18.8 Å². The van der Waals surface area contributed by atoms with Gasteiger partial charge in [-0.05, 0) is 37.1 Å². The highest BCUT2D eigenvalue weighted by Gasteiger charge is 2.35. The third-order valence-corrected chi connectivity index (χ3v) is 6.26. The van der Waals surface area contributed by atoms with Crippen molar-refractivity contribution in [3.63, 3.8) is 0 Å². The van der Waals surface area contributed by atoms with Gasteiger partial charge in [-0.15, -0.1) is 0 Å². The van der Waals surface area contributed by atoms with Gasteiger partial charge in [-0.3, -0.25) is 19.5 Å². The van der Waals surface area contributed by atoms with Crippen molar-refractivity contribution in [2.75, 3.05) is 26.1 Å². The number of furan rings is 1. The summed E-state index contributed by atoms with van der Waals surface area (Å²) in [6.07, 6.45) is 4.94. The second-order valence-electron chi connectivity index (χ2n) is 8.59. The van der Waals surface area contributed by atoms with Crippen LogP contribution in [-0.4, -0.2) is 53.1 Å². The Hall–Kier alpha value is -4.24. The molecule has 9 nitrogen and oxygen atoms in total. The van der Waals surface area contributed by atoms with E-state index < -0.39 is 0 Å². The molecule has 0 aliphatic heterocycles. The summed E-state index contributed by atoms with van der Waals surface area (Å²) < 4.78 is 17.8. The van der Waals surface area contributed by atoms with Gasteiger partial charge in [-0.2, -0.15) is 0 Å². The molecule has 2 aromatic heterocycles. The highest BCUT2D eigenvalue weighted by Crippen LogP contribution is 2.31. The average molecular weight is 521 g/mol. The zero-order valence-electron chi connectivity index (χ0n) is 20.3. The van der Waals surface area contributed by atoms with Gasteiger partial charge in [0.05, 0.1) is 31.9 Å². The van der Waals surface area contributed by atoms with Crippen molar-refractivity contribution in [1.29, 1.82) is 0 Å². The van der Waals surface area contributed by atoms with Gasteiger partial charge >= 0.3 is 0 Å². The first kappa shape index (κ1) is 24.5. The number of benzene rings is 2. The molecule has 10 heteroatoms. The van der Waals surface area contributed by atoms with Crippen LogP contribution < -0.4 is 14.8 Å². The Morgan fingerprint density at radius 3 is 2.41 bits per heavy atom. The molecule has 5 rings (SSSR count). The van der Waals surface area contributed by atoms with E-state index >= 15 is 0 Å². The Morgan fingerprint density at radius 1 is 1.11 bits per heavy atom. The van der Waals surface area contributed by atoms with Gasteiger partial charge in [0.25, 0.3) is 5.91 Å². The van der Waals surface area contributed by atoms with Crippen molar-refractivity contribution in [3.8, 4) is 28.4 Å². The fourth-order valence-corrected chi connectivity index (χ4v) is 4.10. The van der Waals surface area contributed by atoms with E-state index in [0.717, 1.165) is 18.4 Å². The van der Waals surface area contributed by atoms with E-state index in [1.54, 1.807) is 55.3 Å². The summed E-state index contributed by atoms with van der Waals surface area (Å²) >= 11 is 6.06. The number of carbonyl (C=O) groups excluding carboxylic acids is 2. The van der Waals surface area contributed by atoms with Gasteiger partial charge in [0, 0.05) is 41.0 Å². The Balaban J connectivity index is 1.47. The third kappa shape index (κ3) is 5.46. The number of nitrogens with zero attached hydrogens (tertiary/aromatic N) is 3. The van der Waals surface area contributed by atoms with Gasteiger partial charge in [0.1, 0.15) is 18.0 Å². The normalized spacial score (nSPS) is 12.7. The van der Waals surface area contributed by atoms with Crippen molar-refractivity contribution >= 4 is 29.4 Å². The molecule has 1 N–H and O–H groups in total. The van der Waals surface area contributed by atoms with E-state index in [1.165, 1.54) is 11.2 Å². The van der Waals surface area contributed by atoms with Crippen molar-refractivity contribution in [2.45, 2.75) is 18.9 Å². The van der Waals surface area contributed by atoms with E-state index in [1.807, 2.05) is 24.3 Å². The Bertz CT molecular complexity index is 1390. The predicted molar refractivity (Wildman–Crippen MR) is 139 cm³/mol. The number of nitrogens with one attached hydrogen (secondary N) is 1. The lowest BCUT2D eigenvalue weighted by Gasteiger charge is -2.20. The number of aromatic nitrogens is 2. The van der Waals surface area contributed by atoms with Gasteiger partial charge in [0.15, 0.2) is 5.76 Å². The number of hydrogen-bond donors (Lipinski definition) is 1. The molecule has 0 atom stereocenters. The maximum atomic E-state index is 13.2. The average Bonchev–Trinajstić information content (AvgIpc) is 3.43. The smallest absolute Gasteiger partial charge is 0.290 e. The minimum Gasteiger partial charge on any atom is -0.497 e. The molecule has 1 saturated carbocycles. The van der Waals surface area contributed by atoms with Crippen molar-refractivity contribution in [2.24, 2.45) is 0 Å². The topological polar surface area (TPSA) is 98.8 Å². The van der Waals surface area contributed by atoms with Crippen LogP contribution >= 0.6 is 11.6 Å². The van der Waals surface area contributed by atoms with Crippen molar-refractivity contribution < 1.29 is 23.5 Å². The molecule has 0 bridgehead atoms. The van der Waals surface area contributed by atoms with Gasteiger partial charge in [-0.1, -0.05) is 23.7 Å². The number of ether oxygens (including phenoxy) is 2. The molecule has 1 fully saturated rings.